The topological polar surface area (TPSA) is 90.2 Å². The largest absolute Gasteiger partial charge is 0.454 e. The Hall–Kier alpha value is -2.91. The van der Waals surface area contributed by atoms with Gasteiger partial charge in [-0.25, -0.2) is 4.98 Å². The summed E-state index contributed by atoms with van der Waals surface area (Å²) in [4.78, 5) is 21.2. The number of hydrogen-bond acceptors (Lipinski definition) is 7. The number of amides is 1. The van der Waals surface area contributed by atoms with Crippen LogP contribution in [0.5, 0.6) is 23.1 Å². The lowest BCUT2D eigenvalue weighted by atomic mass is 10.1. The molecular weight excluding hydrogens is 539 g/mol. The van der Waals surface area contributed by atoms with E-state index < -0.39 is 0 Å². The first-order chi connectivity index (χ1) is 16.6. The van der Waals surface area contributed by atoms with Crippen LogP contribution in [0.3, 0.4) is 0 Å². The second-order valence-electron chi connectivity index (χ2n) is 8.52. The number of aromatic nitrogens is 1. The Labute approximate surface area is 235 Å². The predicted molar refractivity (Wildman–Crippen MR) is 150 cm³/mol. The van der Waals surface area contributed by atoms with E-state index in [2.05, 4.69) is 16.0 Å². The number of fused-ring (bicyclic) bond motifs is 1. The minimum Gasteiger partial charge on any atom is -0.454 e. The van der Waals surface area contributed by atoms with Crippen molar-refractivity contribution in [3.05, 3.63) is 71.9 Å². The number of carbonyl (C=O) groups excluding carboxylic acids is 1. The third kappa shape index (κ3) is 8.04. The number of benzene rings is 2. The summed E-state index contributed by atoms with van der Waals surface area (Å²) in [6, 6.07) is 17.3. The van der Waals surface area contributed by atoms with Crippen molar-refractivity contribution in [1.82, 2.24) is 14.8 Å². The average molecular weight is 570 g/mol. The molecule has 5 rings (SSSR count). The van der Waals surface area contributed by atoms with Gasteiger partial charge in [-0.15, -0.1) is 37.2 Å². The van der Waals surface area contributed by atoms with Crippen molar-refractivity contribution < 1.29 is 19.0 Å². The van der Waals surface area contributed by atoms with Crippen LogP contribution in [0.25, 0.3) is 0 Å². The van der Waals surface area contributed by atoms with Crippen LogP contribution in [0, 0.1) is 0 Å². The first-order valence-electron chi connectivity index (χ1n) is 11.5. The maximum atomic E-state index is 12.7. The summed E-state index contributed by atoms with van der Waals surface area (Å²) in [6.45, 7) is 4.38. The van der Waals surface area contributed by atoms with E-state index in [0.29, 0.717) is 37.0 Å². The summed E-state index contributed by atoms with van der Waals surface area (Å²) < 4.78 is 16.6. The van der Waals surface area contributed by atoms with Crippen LogP contribution in [0.1, 0.15) is 17.5 Å². The fourth-order valence-electron chi connectivity index (χ4n) is 4.16. The number of nitrogens with two attached hydrogens (primary N) is 1. The minimum absolute atomic E-state index is 0. The van der Waals surface area contributed by atoms with Gasteiger partial charge in [0.15, 0.2) is 11.5 Å². The number of nitrogens with zero attached hydrogens (tertiary/aromatic N) is 3. The summed E-state index contributed by atoms with van der Waals surface area (Å²) in [5.41, 5.74) is 8.54. The average Bonchev–Trinajstić information content (AvgIpc) is 3.33. The number of carbonyl (C=O) groups is 1. The van der Waals surface area contributed by atoms with Crippen molar-refractivity contribution in [1.29, 1.82) is 0 Å². The minimum atomic E-state index is 0. The van der Waals surface area contributed by atoms with Crippen LogP contribution in [0.2, 0.25) is 0 Å². The number of rotatable bonds is 7. The molecule has 1 amide bonds. The smallest absolute Gasteiger partial charge is 0.231 e. The van der Waals surface area contributed by atoms with Gasteiger partial charge in [0.1, 0.15) is 5.75 Å². The Kier molecular flexibility index (Phi) is 11.6. The molecule has 2 aromatic carbocycles. The van der Waals surface area contributed by atoms with E-state index in [1.54, 1.807) is 18.3 Å². The molecule has 2 N–H and O–H groups in total. The van der Waals surface area contributed by atoms with E-state index in [4.69, 9.17) is 19.9 Å². The van der Waals surface area contributed by atoms with Crippen molar-refractivity contribution in [2.24, 2.45) is 0 Å². The summed E-state index contributed by atoms with van der Waals surface area (Å²) in [6.07, 6.45) is 2.77. The quantitative estimate of drug-likeness (QED) is 0.440. The standard InChI is InChI=1S/C26H28N4O4.3ClH/c27-21-5-9-25(28-16-21)34-22-6-1-19(2-7-22)4-10-26(31)30-13-11-29(12-14-30)17-20-3-8-23-24(15-20)33-18-32-23;;;/h1-3,5-9,15-16H,4,10-14,17-18,27H2;3*1H. The van der Waals surface area contributed by atoms with Crippen LogP contribution in [-0.4, -0.2) is 53.7 Å². The van der Waals surface area contributed by atoms with Crippen molar-refractivity contribution >= 4 is 48.8 Å². The second-order valence-corrected chi connectivity index (χ2v) is 8.52. The Balaban J connectivity index is 0.00000160. The SMILES string of the molecule is Cl.Cl.Cl.Nc1ccc(Oc2ccc(CCC(=O)N3CCN(Cc4ccc5c(c4)OCO5)CC3)cc2)nc1. The van der Waals surface area contributed by atoms with Crippen molar-refractivity contribution in [2.75, 3.05) is 38.7 Å². The summed E-state index contributed by atoms with van der Waals surface area (Å²) in [7, 11) is 0. The summed E-state index contributed by atoms with van der Waals surface area (Å²) >= 11 is 0. The van der Waals surface area contributed by atoms with E-state index in [1.165, 1.54) is 5.56 Å². The molecule has 37 heavy (non-hydrogen) atoms. The second kappa shape index (κ2) is 14.1. The molecule has 0 saturated carbocycles. The molecule has 1 fully saturated rings. The molecule has 0 unspecified atom stereocenters. The van der Waals surface area contributed by atoms with Gasteiger partial charge in [0.25, 0.3) is 0 Å². The molecule has 1 aromatic heterocycles. The zero-order chi connectivity index (χ0) is 23.3. The molecular formula is C26H31Cl3N4O4. The lowest BCUT2D eigenvalue weighted by molar-refractivity contribution is -0.133. The number of hydrogen-bond donors (Lipinski definition) is 1. The maximum Gasteiger partial charge on any atom is 0.231 e. The van der Waals surface area contributed by atoms with Crippen molar-refractivity contribution in [3.8, 4) is 23.1 Å². The number of aryl methyl sites for hydroxylation is 1. The van der Waals surface area contributed by atoms with E-state index in [9.17, 15) is 4.79 Å². The molecule has 200 valence electrons. The molecule has 3 aromatic rings. The first kappa shape index (κ1) is 30.3. The van der Waals surface area contributed by atoms with Gasteiger partial charge < -0.3 is 24.8 Å². The van der Waals surface area contributed by atoms with E-state index in [-0.39, 0.29) is 43.1 Å². The molecule has 0 spiro atoms. The molecule has 0 bridgehead atoms. The number of nitrogen functional groups attached to an aromatic ring is 1. The van der Waals surface area contributed by atoms with Crippen LogP contribution >= 0.6 is 37.2 Å². The maximum absolute atomic E-state index is 12.7. The van der Waals surface area contributed by atoms with Gasteiger partial charge in [0, 0.05) is 45.2 Å². The number of anilines is 1. The molecule has 0 radical (unpaired) electrons. The lowest BCUT2D eigenvalue weighted by Gasteiger charge is -2.34. The van der Waals surface area contributed by atoms with Gasteiger partial charge in [-0.1, -0.05) is 18.2 Å². The highest BCUT2D eigenvalue weighted by atomic mass is 35.5. The highest BCUT2D eigenvalue weighted by molar-refractivity contribution is 5.86. The highest BCUT2D eigenvalue weighted by Gasteiger charge is 2.22. The molecule has 11 heteroatoms. The first-order valence-corrected chi connectivity index (χ1v) is 11.5. The highest BCUT2D eigenvalue weighted by Crippen LogP contribution is 2.33. The van der Waals surface area contributed by atoms with E-state index >= 15 is 0 Å². The third-order valence-electron chi connectivity index (χ3n) is 6.10. The number of pyridine rings is 1. The van der Waals surface area contributed by atoms with Gasteiger partial charge in [-0.2, -0.15) is 0 Å². The number of ether oxygens (including phenoxy) is 3. The van der Waals surface area contributed by atoms with Crippen LogP contribution < -0.4 is 19.9 Å². The summed E-state index contributed by atoms with van der Waals surface area (Å²) in [5, 5.41) is 0. The Morgan fingerprint density at radius 1 is 0.892 bits per heavy atom. The lowest BCUT2D eigenvalue weighted by Crippen LogP contribution is -2.48. The number of piperazine rings is 1. The van der Waals surface area contributed by atoms with Gasteiger partial charge in [0.05, 0.1) is 11.9 Å². The fraction of sp³-hybridized carbons (Fsp3) is 0.308. The zero-order valence-electron chi connectivity index (χ0n) is 20.2. The molecule has 0 atom stereocenters. The van der Waals surface area contributed by atoms with E-state index in [0.717, 1.165) is 49.8 Å². The molecule has 2 aliphatic rings. The van der Waals surface area contributed by atoms with Gasteiger partial charge in [0.2, 0.25) is 18.6 Å². The zero-order valence-corrected chi connectivity index (χ0v) is 22.7. The molecule has 0 aliphatic carbocycles. The van der Waals surface area contributed by atoms with Gasteiger partial charge in [-0.05, 0) is 47.9 Å². The van der Waals surface area contributed by atoms with Gasteiger partial charge in [-0.3, -0.25) is 9.69 Å². The molecule has 8 nitrogen and oxygen atoms in total. The molecule has 3 heterocycles. The summed E-state index contributed by atoms with van der Waals surface area (Å²) in [5.74, 6) is 3.02. The van der Waals surface area contributed by atoms with Crippen LogP contribution in [-0.2, 0) is 17.8 Å². The third-order valence-corrected chi connectivity index (χ3v) is 6.10. The van der Waals surface area contributed by atoms with Crippen molar-refractivity contribution in [3.63, 3.8) is 0 Å². The van der Waals surface area contributed by atoms with E-state index in [1.807, 2.05) is 41.3 Å². The Morgan fingerprint density at radius 2 is 1.59 bits per heavy atom. The molecule has 1 saturated heterocycles. The Bertz CT molecular complexity index is 1140. The Morgan fingerprint density at radius 3 is 2.30 bits per heavy atom. The van der Waals surface area contributed by atoms with Crippen molar-refractivity contribution in [2.45, 2.75) is 19.4 Å². The monoisotopic (exact) mass is 568 g/mol. The predicted octanol–water partition coefficient (Wildman–Crippen LogP) is 4.73. The fourth-order valence-corrected chi connectivity index (χ4v) is 4.16. The normalized spacial score (nSPS) is 14.1. The van der Waals surface area contributed by atoms with Gasteiger partial charge >= 0.3 is 0 Å². The van der Waals surface area contributed by atoms with Crippen LogP contribution in [0.4, 0.5) is 5.69 Å². The number of halogens is 3. The molecule has 2 aliphatic heterocycles. The van der Waals surface area contributed by atoms with Crippen LogP contribution in [0.15, 0.2) is 60.8 Å².